The number of phenolic OH excluding ortho intramolecular Hbond substituents is 1. The van der Waals surface area contributed by atoms with Gasteiger partial charge in [0.05, 0.1) is 5.02 Å². The number of amides is 1. The van der Waals surface area contributed by atoms with Crippen LogP contribution in [0.4, 0.5) is 5.82 Å². The lowest BCUT2D eigenvalue weighted by Gasteiger charge is -2.17. The zero-order valence-corrected chi connectivity index (χ0v) is 13.4. The van der Waals surface area contributed by atoms with E-state index >= 15 is 0 Å². The van der Waals surface area contributed by atoms with Crippen LogP contribution >= 0.6 is 11.6 Å². The molecule has 0 atom stereocenters. The van der Waals surface area contributed by atoms with Crippen molar-refractivity contribution >= 4 is 23.3 Å². The number of phenols is 1. The minimum absolute atomic E-state index is 0.0346. The summed E-state index contributed by atoms with van der Waals surface area (Å²) in [7, 11) is 0. The lowest BCUT2D eigenvalue weighted by atomic mass is 10.2. The normalized spacial score (nSPS) is 14.0. The summed E-state index contributed by atoms with van der Waals surface area (Å²) < 4.78 is 0. The van der Waals surface area contributed by atoms with Crippen molar-refractivity contribution in [3.8, 4) is 5.75 Å². The number of nitrogens with one attached hydrogen (secondary N) is 1. The molecule has 0 saturated carbocycles. The third kappa shape index (κ3) is 3.74. The van der Waals surface area contributed by atoms with E-state index in [9.17, 15) is 9.90 Å². The molecular formula is C17H18ClN3O2. The highest BCUT2D eigenvalue weighted by molar-refractivity contribution is 6.32. The van der Waals surface area contributed by atoms with Gasteiger partial charge >= 0.3 is 0 Å². The van der Waals surface area contributed by atoms with Gasteiger partial charge in [-0.3, -0.25) is 4.79 Å². The Labute approximate surface area is 139 Å². The first kappa shape index (κ1) is 15.6. The molecule has 5 nitrogen and oxygen atoms in total. The van der Waals surface area contributed by atoms with E-state index in [4.69, 9.17) is 11.6 Å². The maximum atomic E-state index is 12.1. The molecule has 2 N–H and O–H groups in total. The summed E-state index contributed by atoms with van der Waals surface area (Å²) >= 11 is 5.82. The Balaban J connectivity index is 1.64. The van der Waals surface area contributed by atoms with Gasteiger partial charge < -0.3 is 15.3 Å². The quantitative estimate of drug-likeness (QED) is 0.904. The van der Waals surface area contributed by atoms with E-state index in [1.807, 2.05) is 12.1 Å². The van der Waals surface area contributed by atoms with Crippen molar-refractivity contribution in [3.63, 3.8) is 0 Å². The van der Waals surface area contributed by atoms with Gasteiger partial charge in [-0.15, -0.1) is 0 Å². The molecule has 1 aromatic carbocycles. The molecule has 120 valence electrons. The van der Waals surface area contributed by atoms with Crippen LogP contribution in [-0.2, 0) is 6.54 Å². The molecule has 0 spiro atoms. The summed E-state index contributed by atoms with van der Waals surface area (Å²) in [6, 6.07) is 8.31. The fourth-order valence-corrected chi connectivity index (χ4v) is 2.80. The first-order valence-corrected chi connectivity index (χ1v) is 7.98. The molecule has 0 aliphatic carbocycles. The van der Waals surface area contributed by atoms with Gasteiger partial charge in [-0.2, -0.15) is 0 Å². The van der Waals surface area contributed by atoms with E-state index in [1.54, 1.807) is 12.3 Å². The van der Waals surface area contributed by atoms with Gasteiger partial charge in [0.2, 0.25) is 0 Å². The van der Waals surface area contributed by atoms with Crippen LogP contribution in [0, 0.1) is 0 Å². The maximum Gasteiger partial charge on any atom is 0.251 e. The molecule has 0 unspecified atom stereocenters. The Morgan fingerprint density at radius 2 is 2.04 bits per heavy atom. The second-order valence-electron chi connectivity index (χ2n) is 5.57. The number of carbonyl (C=O) groups is 1. The van der Waals surface area contributed by atoms with Crippen molar-refractivity contribution in [3.05, 3.63) is 52.7 Å². The predicted octanol–water partition coefficient (Wildman–Crippen LogP) is 2.97. The highest BCUT2D eigenvalue weighted by atomic mass is 35.5. The van der Waals surface area contributed by atoms with E-state index in [-0.39, 0.29) is 16.7 Å². The number of halogens is 1. The maximum absolute atomic E-state index is 12.1. The molecule has 1 aliphatic heterocycles. The number of aromatic nitrogens is 1. The van der Waals surface area contributed by atoms with Gasteiger partial charge in [0.1, 0.15) is 11.6 Å². The number of anilines is 1. The number of aromatic hydroxyl groups is 1. The van der Waals surface area contributed by atoms with E-state index in [1.165, 1.54) is 25.0 Å². The molecule has 1 aromatic heterocycles. The van der Waals surface area contributed by atoms with Crippen LogP contribution in [0.1, 0.15) is 28.8 Å². The summed E-state index contributed by atoms with van der Waals surface area (Å²) in [5.74, 6) is 0.695. The topological polar surface area (TPSA) is 65.5 Å². The number of hydrogen-bond acceptors (Lipinski definition) is 4. The molecule has 0 bridgehead atoms. The van der Waals surface area contributed by atoms with Crippen LogP contribution in [0.5, 0.6) is 5.75 Å². The van der Waals surface area contributed by atoms with Crippen LogP contribution in [-0.4, -0.2) is 29.1 Å². The Morgan fingerprint density at radius 1 is 1.26 bits per heavy atom. The second kappa shape index (κ2) is 6.87. The van der Waals surface area contributed by atoms with Crippen LogP contribution in [0.15, 0.2) is 36.5 Å². The smallest absolute Gasteiger partial charge is 0.251 e. The minimum atomic E-state index is -0.230. The molecule has 1 fully saturated rings. The second-order valence-corrected chi connectivity index (χ2v) is 5.97. The van der Waals surface area contributed by atoms with Crippen molar-refractivity contribution in [1.29, 1.82) is 0 Å². The highest BCUT2D eigenvalue weighted by Crippen LogP contribution is 2.23. The zero-order chi connectivity index (χ0) is 16.2. The largest absolute Gasteiger partial charge is 0.506 e. The lowest BCUT2D eigenvalue weighted by molar-refractivity contribution is 0.0951. The number of nitrogens with zero attached hydrogens (tertiary/aromatic N) is 2. The van der Waals surface area contributed by atoms with E-state index in [0.717, 1.165) is 24.5 Å². The molecule has 23 heavy (non-hydrogen) atoms. The number of rotatable bonds is 4. The van der Waals surface area contributed by atoms with Crippen LogP contribution < -0.4 is 10.2 Å². The van der Waals surface area contributed by atoms with Crippen molar-refractivity contribution in [1.82, 2.24) is 10.3 Å². The molecule has 3 rings (SSSR count). The number of pyridine rings is 1. The van der Waals surface area contributed by atoms with Gasteiger partial charge in [-0.1, -0.05) is 11.6 Å². The van der Waals surface area contributed by atoms with Crippen molar-refractivity contribution in [2.24, 2.45) is 0 Å². The van der Waals surface area contributed by atoms with Crippen molar-refractivity contribution in [2.45, 2.75) is 19.4 Å². The summed E-state index contributed by atoms with van der Waals surface area (Å²) in [5.41, 5.74) is 1.42. The van der Waals surface area contributed by atoms with Gasteiger partial charge in [0, 0.05) is 31.4 Å². The van der Waals surface area contributed by atoms with Crippen LogP contribution in [0.3, 0.4) is 0 Å². The first-order valence-electron chi connectivity index (χ1n) is 7.60. The lowest BCUT2D eigenvalue weighted by Crippen LogP contribution is -2.23. The molecule has 6 heteroatoms. The average Bonchev–Trinajstić information content (AvgIpc) is 3.10. The summed E-state index contributed by atoms with van der Waals surface area (Å²) in [6.45, 7) is 2.49. The fraction of sp³-hybridized carbons (Fsp3) is 0.294. The molecular weight excluding hydrogens is 314 g/mol. The Kier molecular flexibility index (Phi) is 4.67. The molecule has 1 amide bonds. The zero-order valence-electron chi connectivity index (χ0n) is 12.6. The number of benzene rings is 1. The Morgan fingerprint density at radius 3 is 2.78 bits per heavy atom. The van der Waals surface area contributed by atoms with Crippen molar-refractivity contribution < 1.29 is 9.90 Å². The summed E-state index contributed by atoms with van der Waals surface area (Å²) in [4.78, 5) is 18.8. The molecule has 1 saturated heterocycles. The molecule has 2 aromatic rings. The number of hydrogen-bond donors (Lipinski definition) is 2. The third-order valence-corrected chi connectivity index (χ3v) is 4.21. The highest BCUT2D eigenvalue weighted by Gasteiger charge is 2.14. The molecule has 0 radical (unpaired) electrons. The monoisotopic (exact) mass is 331 g/mol. The standard InChI is InChI=1S/C17H18ClN3O2/c18-14-10-13(3-4-15(14)22)17(23)20-11-12-5-6-19-16(9-12)21-7-1-2-8-21/h3-6,9-10,22H,1-2,7-8,11H2,(H,20,23). The summed E-state index contributed by atoms with van der Waals surface area (Å²) in [6.07, 6.45) is 4.17. The average molecular weight is 332 g/mol. The molecule has 2 heterocycles. The van der Waals surface area contributed by atoms with Crippen molar-refractivity contribution in [2.75, 3.05) is 18.0 Å². The van der Waals surface area contributed by atoms with Gasteiger partial charge in [-0.25, -0.2) is 4.98 Å². The fourth-order valence-electron chi connectivity index (χ4n) is 2.62. The van der Waals surface area contributed by atoms with Gasteiger partial charge in [0.15, 0.2) is 0 Å². The Hall–Kier alpha value is -2.27. The SMILES string of the molecule is O=C(NCc1ccnc(N2CCCC2)c1)c1ccc(O)c(Cl)c1. The van der Waals surface area contributed by atoms with E-state index in [2.05, 4.69) is 15.2 Å². The van der Waals surface area contributed by atoms with Crippen LogP contribution in [0.2, 0.25) is 5.02 Å². The van der Waals surface area contributed by atoms with Crippen LogP contribution in [0.25, 0.3) is 0 Å². The van der Waals surface area contributed by atoms with Gasteiger partial charge in [-0.05, 0) is 48.7 Å². The predicted molar refractivity (Wildman–Crippen MR) is 90.0 cm³/mol. The Bertz CT molecular complexity index is 715. The summed E-state index contributed by atoms with van der Waals surface area (Å²) in [5, 5.41) is 12.4. The van der Waals surface area contributed by atoms with E-state index in [0.29, 0.717) is 12.1 Å². The van der Waals surface area contributed by atoms with Gasteiger partial charge in [0.25, 0.3) is 5.91 Å². The first-order chi connectivity index (χ1) is 11.1. The van der Waals surface area contributed by atoms with E-state index < -0.39 is 0 Å². The number of carbonyl (C=O) groups excluding carboxylic acids is 1. The third-order valence-electron chi connectivity index (χ3n) is 3.90. The molecule has 1 aliphatic rings. The minimum Gasteiger partial charge on any atom is -0.506 e.